The fraction of sp³-hybridized carbons (Fsp3) is 0.267. The predicted octanol–water partition coefficient (Wildman–Crippen LogP) is 2.65. The monoisotopic (exact) mass is 364 g/mol. The zero-order chi connectivity index (χ0) is 16.7. The first kappa shape index (κ1) is 15.3. The average Bonchev–Trinajstić information content (AvgIpc) is 3.26. The van der Waals surface area contributed by atoms with E-state index in [4.69, 9.17) is 9.26 Å². The van der Waals surface area contributed by atoms with E-state index in [2.05, 4.69) is 10.5 Å². The molecule has 0 radical (unpaired) electrons. The van der Waals surface area contributed by atoms with Crippen LogP contribution in [0.3, 0.4) is 0 Å². The highest BCUT2D eigenvalue weighted by atomic mass is 32.1. The molecule has 1 aliphatic heterocycles. The Bertz CT molecular complexity index is 939. The quantitative estimate of drug-likeness (QED) is 0.738. The van der Waals surface area contributed by atoms with Crippen molar-refractivity contribution in [2.45, 2.75) is 19.6 Å². The summed E-state index contributed by atoms with van der Waals surface area (Å²) in [7, 11) is 0. The third-order valence-corrected chi connectivity index (χ3v) is 6.10. The van der Waals surface area contributed by atoms with Crippen LogP contribution in [0, 0.1) is 0 Å². The highest BCUT2D eigenvalue weighted by molar-refractivity contribution is 7.28. The summed E-state index contributed by atoms with van der Waals surface area (Å²) in [6.45, 7) is 0.982. The topological polar surface area (TPSA) is 102 Å². The van der Waals surface area contributed by atoms with Crippen LogP contribution < -0.4 is 5.32 Å². The number of carbonyl (C=O) groups is 2. The number of rotatable bonds is 4. The van der Waals surface area contributed by atoms with E-state index in [1.165, 1.54) is 22.7 Å². The fourth-order valence-corrected chi connectivity index (χ4v) is 4.88. The highest BCUT2D eigenvalue weighted by Gasteiger charge is 2.25. The third kappa shape index (κ3) is 2.50. The lowest BCUT2D eigenvalue weighted by atomic mass is 10.1. The maximum absolute atomic E-state index is 12.4. The van der Waals surface area contributed by atoms with Crippen molar-refractivity contribution in [1.82, 2.24) is 10.5 Å². The van der Waals surface area contributed by atoms with Crippen molar-refractivity contribution in [2.24, 2.45) is 0 Å². The number of amides is 1. The van der Waals surface area contributed by atoms with Crippen molar-refractivity contribution >= 4 is 43.9 Å². The molecule has 4 rings (SSSR count). The summed E-state index contributed by atoms with van der Waals surface area (Å²) < 4.78 is 12.3. The Morgan fingerprint density at radius 1 is 1.42 bits per heavy atom. The summed E-state index contributed by atoms with van der Waals surface area (Å²) in [5.41, 5.74) is 1.50. The largest absolute Gasteiger partial charge is 0.477 e. The molecule has 9 heteroatoms. The van der Waals surface area contributed by atoms with Crippen LogP contribution in [0.2, 0.25) is 0 Å². The summed E-state index contributed by atoms with van der Waals surface area (Å²) in [5.74, 6) is -0.702. The Morgan fingerprint density at radius 2 is 2.29 bits per heavy atom. The highest BCUT2D eigenvalue weighted by Crippen LogP contribution is 2.35. The van der Waals surface area contributed by atoms with Crippen LogP contribution in [0.1, 0.15) is 37.0 Å². The lowest BCUT2D eigenvalue weighted by Crippen LogP contribution is -2.25. The Labute approximate surface area is 143 Å². The summed E-state index contributed by atoms with van der Waals surface area (Å²) in [6.07, 6.45) is 0.596. The van der Waals surface area contributed by atoms with E-state index in [9.17, 15) is 14.7 Å². The van der Waals surface area contributed by atoms with Gasteiger partial charge in [-0.05, 0) is 11.4 Å². The molecule has 7 nitrogen and oxygen atoms in total. The number of hydrogen-bond acceptors (Lipinski definition) is 7. The van der Waals surface area contributed by atoms with Gasteiger partial charge in [-0.15, -0.1) is 22.7 Å². The summed E-state index contributed by atoms with van der Waals surface area (Å²) in [4.78, 5) is 24.1. The number of aromatic carboxylic acids is 1. The first-order valence-corrected chi connectivity index (χ1v) is 8.90. The van der Waals surface area contributed by atoms with Gasteiger partial charge in [-0.25, -0.2) is 4.79 Å². The number of hydrogen-bond donors (Lipinski definition) is 2. The summed E-state index contributed by atoms with van der Waals surface area (Å²) >= 11 is 2.68. The Balaban J connectivity index is 1.58. The standard InChI is InChI=1S/C15H12N2O5S2/c18-14(11-8-6-21-3-1-9(8)22-17-11)16-5-7-12-10(2-4-23-12)24-13(7)15(19)20/h2,4H,1,3,5-6H2,(H,16,18)(H,19,20). The molecule has 0 aliphatic carbocycles. The van der Waals surface area contributed by atoms with Crippen molar-refractivity contribution in [1.29, 1.82) is 0 Å². The number of aromatic nitrogens is 1. The van der Waals surface area contributed by atoms with Gasteiger partial charge in [-0.3, -0.25) is 4.79 Å². The molecule has 2 N–H and O–H groups in total. The van der Waals surface area contributed by atoms with Gasteiger partial charge in [0.25, 0.3) is 5.91 Å². The van der Waals surface area contributed by atoms with Crippen molar-refractivity contribution in [3.05, 3.63) is 38.9 Å². The second kappa shape index (κ2) is 6.00. The van der Waals surface area contributed by atoms with Crippen LogP contribution in [0.15, 0.2) is 16.0 Å². The molecule has 1 aliphatic rings. The van der Waals surface area contributed by atoms with Crippen LogP contribution in [0.5, 0.6) is 0 Å². The minimum Gasteiger partial charge on any atom is -0.477 e. The fourth-order valence-electron chi connectivity index (χ4n) is 2.66. The molecule has 0 spiro atoms. The molecular weight excluding hydrogens is 352 g/mol. The molecule has 0 aromatic carbocycles. The number of carbonyl (C=O) groups excluding carboxylic acids is 1. The summed E-state index contributed by atoms with van der Waals surface area (Å²) in [6, 6.07) is 1.88. The average molecular weight is 364 g/mol. The molecule has 124 valence electrons. The molecular formula is C15H12N2O5S2. The van der Waals surface area contributed by atoms with Crippen molar-refractivity contribution < 1.29 is 24.0 Å². The SMILES string of the molecule is O=C(NCc1c(C(=O)O)sc2ccsc12)c1noc2c1COCC2. The van der Waals surface area contributed by atoms with Gasteiger partial charge in [-0.1, -0.05) is 5.16 Å². The van der Waals surface area contributed by atoms with Gasteiger partial charge >= 0.3 is 5.97 Å². The number of carboxylic acid groups (broad SMARTS) is 1. The molecule has 24 heavy (non-hydrogen) atoms. The molecule has 0 saturated carbocycles. The molecule has 0 saturated heterocycles. The molecule has 3 aromatic heterocycles. The van der Waals surface area contributed by atoms with Gasteiger partial charge in [0.1, 0.15) is 10.6 Å². The van der Waals surface area contributed by atoms with E-state index < -0.39 is 11.9 Å². The smallest absolute Gasteiger partial charge is 0.346 e. The van der Waals surface area contributed by atoms with E-state index >= 15 is 0 Å². The number of fused-ring (bicyclic) bond motifs is 2. The Morgan fingerprint density at radius 3 is 3.12 bits per heavy atom. The van der Waals surface area contributed by atoms with Crippen LogP contribution in [-0.2, 0) is 24.3 Å². The number of ether oxygens (including phenoxy) is 1. The van der Waals surface area contributed by atoms with Crippen molar-refractivity contribution in [2.75, 3.05) is 6.61 Å². The van der Waals surface area contributed by atoms with Crippen LogP contribution in [0.25, 0.3) is 9.40 Å². The Hall–Kier alpha value is -2.23. The van der Waals surface area contributed by atoms with Crippen LogP contribution in [-0.4, -0.2) is 28.7 Å². The number of nitrogens with one attached hydrogen (secondary N) is 1. The lowest BCUT2D eigenvalue weighted by molar-refractivity contribution is 0.0700. The van der Waals surface area contributed by atoms with Gasteiger partial charge in [0.2, 0.25) is 0 Å². The van der Waals surface area contributed by atoms with Crippen LogP contribution >= 0.6 is 22.7 Å². The molecule has 0 bridgehead atoms. The molecule has 4 heterocycles. The predicted molar refractivity (Wildman–Crippen MR) is 87.7 cm³/mol. The summed E-state index contributed by atoms with van der Waals surface area (Å²) in [5, 5.41) is 17.8. The number of thiophene rings is 2. The van der Waals surface area contributed by atoms with Crippen molar-refractivity contribution in [3.8, 4) is 0 Å². The second-order valence-electron chi connectivity index (χ2n) is 5.25. The lowest BCUT2D eigenvalue weighted by Gasteiger charge is -2.10. The van der Waals surface area contributed by atoms with E-state index in [1.54, 1.807) is 0 Å². The normalized spacial score (nSPS) is 13.8. The molecule has 1 amide bonds. The second-order valence-corrected chi connectivity index (χ2v) is 7.22. The molecule has 0 atom stereocenters. The van der Waals surface area contributed by atoms with Gasteiger partial charge < -0.3 is 19.7 Å². The van der Waals surface area contributed by atoms with E-state index in [-0.39, 0.29) is 17.1 Å². The van der Waals surface area contributed by atoms with Gasteiger partial charge in [0, 0.05) is 23.2 Å². The minimum absolute atomic E-state index is 0.128. The zero-order valence-electron chi connectivity index (χ0n) is 12.3. The first-order chi connectivity index (χ1) is 11.6. The number of nitrogens with zero attached hydrogens (tertiary/aromatic N) is 1. The van der Waals surface area contributed by atoms with Gasteiger partial charge in [0.15, 0.2) is 5.69 Å². The van der Waals surface area contributed by atoms with Crippen molar-refractivity contribution in [3.63, 3.8) is 0 Å². The maximum Gasteiger partial charge on any atom is 0.346 e. The van der Waals surface area contributed by atoms with Gasteiger partial charge in [-0.2, -0.15) is 0 Å². The zero-order valence-corrected chi connectivity index (χ0v) is 14.0. The molecule has 3 aromatic rings. The molecule has 0 unspecified atom stereocenters. The Kier molecular flexibility index (Phi) is 3.83. The number of carboxylic acids is 1. The maximum atomic E-state index is 12.4. The minimum atomic E-state index is -0.986. The van der Waals surface area contributed by atoms with E-state index in [1.807, 2.05) is 11.4 Å². The van der Waals surface area contributed by atoms with E-state index in [0.717, 1.165) is 9.40 Å². The first-order valence-electron chi connectivity index (χ1n) is 7.20. The van der Waals surface area contributed by atoms with E-state index in [0.29, 0.717) is 36.5 Å². The third-order valence-electron chi connectivity index (χ3n) is 3.81. The van der Waals surface area contributed by atoms with Crippen LogP contribution in [0.4, 0.5) is 0 Å². The molecule has 0 fully saturated rings. The van der Waals surface area contributed by atoms with Gasteiger partial charge in [0.05, 0.1) is 23.5 Å².